The van der Waals surface area contributed by atoms with Crippen molar-refractivity contribution in [2.24, 2.45) is 5.92 Å². The van der Waals surface area contributed by atoms with Crippen LogP contribution in [0.25, 0.3) is 0 Å². The van der Waals surface area contributed by atoms with E-state index in [2.05, 4.69) is 53.2 Å². The molecule has 1 heterocycles. The molecule has 178 valence electrons. The Morgan fingerprint density at radius 3 is 2.79 bits per heavy atom. The number of aryl methyl sites for hydroxylation is 1. The number of hydrogen-bond donors (Lipinski definition) is 1. The summed E-state index contributed by atoms with van der Waals surface area (Å²) in [5.74, 6) is 0.636. The monoisotopic (exact) mass is 483 g/mol. The normalized spacial score (nSPS) is 20.3. The van der Waals surface area contributed by atoms with Crippen LogP contribution in [0.4, 0.5) is 11.4 Å². The Hall–Kier alpha value is -1.78. The van der Waals surface area contributed by atoms with Crippen molar-refractivity contribution in [1.82, 2.24) is 4.90 Å². The molecule has 2 aromatic carbocycles. The smallest absolute Gasteiger partial charge is 0.173 e. The summed E-state index contributed by atoms with van der Waals surface area (Å²) in [6, 6.07) is 13.5. The van der Waals surface area contributed by atoms with E-state index in [-0.39, 0.29) is 0 Å². The fourth-order valence-corrected chi connectivity index (χ4v) is 6.04. The zero-order valence-corrected chi connectivity index (χ0v) is 21.9. The third-order valence-corrected chi connectivity index (χ3v) is 8.19. The Balaban J connectivity index is 1.59. The van der Waals surface area contributed by atoms with Gasteiger partial charge in [-0.3, -0.25) is 0 Å². The van der Waals surface area contributed by atoms with Crippen molar-refractivity contribution in [2.75, 3.05) is 23.3 Å². The molecule has 1 saturated carbocycles. The lowest BCUT2D eigenvalue weighted by atomic mass is 9.84. The summed E-state index contributed by atoms with van der Waals surface area (Å²) in [4.78, 5) is 5.01. The highest BCUT2D eigenvalue weighted by molar-refractivity contribution is 7.80. The number of halogens is 1. The number of thiocarbonyl (C=S) groups is 1. The highest BCUT2D eigenvalue weighted by atomic mass is 35.5. The maximum absolute atomic E-state index is 6.38. The van der Waals surface area contributed by atoms with Crippen LogP contribution in [-0.4, -0.2) is 29.1 Å². The number of rotatable bonds is 6. The van der Waals surface area contributed by atoms with E-state index < -0.39 is 0 Å². The van der Waals surface area contributed by atoms with Crippen LogP contribution >= 0.6 is 23.8 Å². The quantitative estimate of drug-likeness (QED) is 0.426. The molecule has 0 unspecified atom stereocenters. The van der Waals surface area contributed by atoms with Gasteiger partial charge in [0.1, 0.15) is 0 Å². The highest BCUT2D eigenvalue weighted by Gasteiger charge is 2.29. The van der Waals surface area contributed by atoms with E-state index in [0.717, 1.165) is 34.5 Å². The van der Waals surface area contributed by atoms with Crippen molar-refractivity contribution in [2.45, 2.75) is 78.3 Å². The second-order valence-corrected chi connectivity index (χ2v) is 10.6. The van der Waals surface area contributed by atoms with Crippen molar-refractivity contribution >= 4 is 40.3 Å². The third kappa shape index (κ3) is 5.66. The molecule has 1 N–H and O–H groups in total. The number of nitrogens with zero attached hydrogens (tertiary/aromatic N) is 2. The van der Waals surface area contributed by atoms with E-state index in [1.807, 2.05) is 19.1 Å². The van der Waals surface area contributed by atoms with Gasteiger partial charge in [-0.2, -0.15) is 0 Å². The van der Waals surface area contributed by atoms with Gasteiger partial charge in [0.2, 0.25) is 0 Å². The molecule has 0 spiro atoms. The first-order valence-electron chi connectivity index (χ1n) is 12.7. The molecule has 2 aromatic rings. The molecule has 0 amide bonds. The zero-order chi connectivity index (χ0) is 23.4. The van der Waals surface area contributed by atoms with E-state index in [9.17, 15) is 0 Å². The molecule has 33 heavy (non-hydrogen) atoms. The lowest BCUT2D eigenvalue weighted by molar-refractivity contribution is 0.177. The number of nitrogens with one attached hydrogen (secondary N) is 1. The van der Waals surface area contributed by atoms with Crippen molar-refractivity contribution in [3.63, 3.8) is 0 Å². The molecule has 2 aliphatic rings. The first-order valence-corrected chi connectivity index (χ1v) is 13.5. The van der Waals surface area contributed by atoms with Crippen LogP contribution in [0, 0.1) is 12.8 Å². The molecule has 1 aliphatic heterocycles. The van der Waals surface area contributed by atoms with Gasteiger partial charge in [-0.15, -0.1) is 0 Å². The lowest BCUT2D eigenvalue weighted by Crippen LogP contribution is -2.46. The summed E-state index contributed by atoms with van der Waals surface area (Å²) < 4.78 is 0. The summed E-state index contributed by atoms with van der Waals surface area (Å²) in [7, 11) is 0. The Morgan fingerprint density at radius 1 is 1.18 bits per heavy atom. The van der Waals surface area contributed by atoms with Gasteiger partial charge in [-0.1, -0.05) is 56.5 Å². The molecule has 5 heteroatoms. The molecular weight excluding hydrogens is 446 g/mol. The maximum Gasteiger partial charge on any atom is 0.173 e. The molecule has 2 atom stereocenters. The third-order valence-electron chi connectivity index (χ3n) is 7.44. The van der Waals surface area contributed by atoms with E-state index in [4.69, 9.17) is 23.8 Å². The standard InChI is InChI=1S/C28H38ClN3S/c1-4-16-31-17-8-10-23-18-22(14-15-27(23)31)19-32(26-13-6-5-9-20(26)2)28(33)30-25-12-7-11-24(29)21(25)3/h7,11-12,14-15,18,20,26H,4-6,8-10,13,16-17,19H2,1-3H3,(H,30,33)/t20-,26+/m0/s1. The van der Waals surface area contributed by atoms with E-state index in [1.165, 1.54) is 68.3 Å². The van der Waals surface area contributed by atoms with E-state index >= 15 is 0 Å². The second-order valence-electron chi connectivity index (χ2n) is 9.85. The molecule has 3 nitrogen and oxygen atoms in total. The molecule has 0 radical (unpaired) electrons. The van der Waals surface area contributed by atoms with Gasteiger partial charge >= 0.3 is 0 Å². The lowest BCUT2D eigenvalue weighted by Gasteiger charge is -2.40. The largest absolute Gasteiger partial charge is 0.371 e. The average molecular weight is 484 g/mol. The molecular formula is C28H38ClN3S. The SMILES string of the molecule is CCCN1CCCc2cc(CN(C(=S)Nc3cccc(Cl)c3C)[C@@H]3CCCC[C@@H]3C)ccc21. The average Bonchev–Trinajstić information content (AvgIpc) is 2.81. The predicted molar refractivity (Wildman–Crippen MR) is 147 cm³/mol. The number of hydrogen-bond acceptors (Lipinski definition) is 2. The summed E-state index contributed by atoms with van der Waals surface area (Å²) in [5, 5.41) is 5.12. The van der Waals surface area contributed by atoms with Crippen LogP contribution < -0.4 is 10.2 Å². The van der Waals surface area contributed by atoms with Crippen molar-refractivity contribution in [3.8, 4) is 0 Å². The van der Waals surface area contributed by atoms with Crippen molar-refractivity contribution in [3.05, 3.63) is 58.1 Å². The summed E-state index contributed by atoms with van der Waals surface area (Å²) in [6.45, 7) is 9.87. The summed E-state index contributed by atoms with van der Waals surface area (Å²) >= 11 is 12.4. The predicted octanol–water partition coefficient (Wildman–Crippen LogP) is 7.59. The number of fused-ring (bicyclic) bond motifs is 1. The van der Waals surface area contributed by atoms with Crippen molar-refractivity contribution < 1.29 is 0 Å². The topological polar surface area (TPSA) is 18.5 Å². The Labute approximate surface area is 210 Å². The molecule has 0 saturated heterocycles. The Kier molecular flexibility index (Phi) is 8.19. The first-order chi connectivity index (χ1) is 16.0. The van der Waals surface area contributed by atoms with Gasteiger partial charge in [-0.25, -0.2) is 0 Å². The van der Waals surface area contributed by atoms with Gasteiger partial charge in [0, 0.05) is 42.1 Å². The number of benzene rings is 2. The minimum Gasteiger partial charge on any atom is -0.371 e. The molecule has 1 aliphatic carbocycles. The molecule has 4 rings (SSSR count). The number of anilines is 2. The minimum absolute atomic E-state index is 0.464. The molecule has 0 bridgehead atoms. The van der Waals surface area contributed by atoms with Crippen LogP contribution in [0.1, 0.15) is 69.1 Å². The molecule has 0 aromatic heterocycles. The van der Waals surface area contributed by atoms with E-state index in [1.54, 1.807) is 0 Å². The van der Waals surface area contributed by atoms with Gasteiger partial charge in [0.25, 0.3) is 0 Å². The maximum atomic E-state index is 6.38. The first kappa shape index (κ1) is 24.3. The van der Waals surface area contributed by atoms with Gasteiger partial charge in [0.15, 0.2) is 5.11 Å². The van der Waals surface area contributed by atoms with E-state index in [0.29, 0.717) is 12.0 Å². The summed E-state index contributed by atoms with van der Waals surface area (Å²) in [6.07, 6.45) is 8.69. The second kappa shape index (κ2) is 11.1. The fourth-order valence-electron chi connectivity index (χ4n) is 5.55. The fraction of sp³-hybridized carbons (Fsp3) is 0.536. The van der Waals surface area contributed by atoms with Crippen LogP contribution in [0.5, 0.6) is 0 Å². The minimum atomic E-state index is 0.464. The van der Waals surface area contributed by atoms with Crippen LogP contribution in [-0.2, 0) is 13.0 Å². The Bertz CT molecular complexity index is 976. The van der Waals surface area contributed by atoms with Gasteiger partial charge < -0.3 is 15.1 Å². The Morgan fingerprint density at radius 2 is 2.00 bits per heavy atom. The zero-order valence-electron chi connectivity index (χ0n) is 20.4. The van der Waals surface area contributed by atoms with Crippen molar-refractivity contribution in [1.29, 1.82) is 0 Å². The van der Waals surface area contributed by atoms with Gasteiger partial charge in [-0.05, 0) is 92.1 Å². The van der Waals surface area contributed by atoms with Gasteiger partial charge in [0.05, 0.1) is 0 Å². The molecule has 1 fully saturated rings. The summed E-state index contributed by atoms with van der Waals surface area (Å²) in [5.41, 5.74) is 6.33. The van der Waals surface area contributed by atoms with Crippen LogP contribution in [0.2, 0.25) is 5.02 Å². The van der Waals surface area contributed by atoms with Crippen LogP contribution in [0.3, 0.4) is 0 Å². The van der Waals surface area contributed by atoms with Crippen LogP contribution in [0.15, 0.2) is 36.4 Å². The highest BCUT2D eigenvalue weighted by Crippen LogP contribution is 2.33.